The van der Waals surface area contributed by atoms with Crippen molar-refractivity contribution in [2.24, 2.45) is 0 Å². The standard InChI is InChI=1S/C15H24BrNO2/c16-10-4-1-2-5-12-19-13-6-3-8-14-15(18)9-7-11-17-14/h7,9,11,18H,1-6,8,10,12-13H2. The van der Waals surface area contributed by atoms with Gasteiger partial charge in [-0.3, -0.25) is 4.98 Å². The van der Waals surface area contributed by atoms with E-state index >= 15 is 0 Å². The van der Waals surface area contributed by atoms with E-state index in [1.165, 1.54) is 19.3 Å². The molecule has 0 bridgehead atoms. The third-order valence-corrected chi connectivity index (χ3v) is 3.55. The SMILES string of the molecule is Oc1cccnc1CCCCOCCCCCCBr. The van der Waals surface area contributed by atoms with Gasteiger partial charge in [0.1, 0.15) is 5.75 Å². The molecule has 0 spiro atoms. The van der Waals surface area contributed by atoms with E-state index in [4.69, 9.17) is 4.74 Å². The molecule has 4 heteroatoms. The summed E-state index contributed by atoms with van der Waals surface area (Å²) >= 11 is 3.43. The molecule has 1 heterocycles. The van der Waals surface area contributed by atoms with Gasteiger partial charge in [0, 0.05) is 24.7 Å². The lowest BCUT2D eigenvalue weighted by atomic mass is 10.1. The number of aromatic nitrogens is 1. The molecule has 0 unspecified atom stereocenters. The maximum atomic E-state index is 9.56. The number of halogens is 1. The highest BCUT2D eigenvalue weighted by Gasteiger charge is 2.00. The van der Waals surface area contributed by atoms with Crippen LogP contribution in [0.3, 0.4) is 0 Å². The van der Waals surface area contributed by atoms with Crippen molar-refractivity contribution in [1.29, 1.82) is 0 Å². The minimum Gasteiger partial charge on any atom is -0.506 e. The Kier molecular flexibility index (Phi) is 9.72. The largest absolute Gasteiger partial charge is 0.506 e. The molecular formula is C15H24BrNO2. The molecule has 0 saturated heterocycles. The summed E-state index contributed by atoms with van der Waals surface area (Å²) in [6.07, 6.45) is 9.54. The number of unbranched alkanes of at least 4 members (excludes halogenated alkanes) is 4. The van der Waals surface area contributed by atoms with Gasteiger partial charge in [-0.25, -0.2) is 0 Å². The van der Waals surface area contributed by atoms with Crippen LogP contribution in [0.4, 0.5) is 0 Å². The molecule has 1 aromatic heterocycles. The Labute approximate surface area is 124 Å². The zero-order valence-corrected chi connectivity index (χ0v) is 13.1. The number of ether oxygens (including phenoxy) is 1. The number of pyridine rings is 1. The van der Waals surface area contributed by atoms with Gasteiger partial charge in [-0.05, 0) is 44.2 Å². The van der Waals surface area contributed by atoms with E-state index < -0.39 is 0 Å². The number of hydrogen-bond acceptors (Lipinski definition) is 3. The molecule has 1 rings (SSSR count). The van der Waals surface area contributed by atoms with Crippen LogP contribution >= 0.6 is 15.9 Å². The van der Waals surface area contributed by atoms with E-state index in [0.717, 1.165) is 49.9 Å². The summed E-state index contributed by atoms with van der Waals surface area (Å²) in [5, 5.41) is 10.7. The van der Waals surface area contributed by atoms with E-state index in [1.54, 1.807) is 18.3 Å². The molecule has 1 aromatic rings. The molecule has 3 nitrogen and oxygen atoms in total. The predicted molar refractivity (Wildman–Crippen MR) is 81.9 cm³/mol. The van der Waals surface area contributed by atoms with Crippen molar-refractivity contribution in [2.45, 2.75) is 44.9 Å². The van der Waals surface area contributed by atoms with Crippen LogP contribution < -0.4 is 0 Å². The van der Waals surface area contributed by atoms with Gasteiger partial charge in [0.15, 0.2) is 0 Å². The number of rotatable bonds is 11. The van der Waals surface area contributed by atoms with Crippen LogP contribution in [0.5, 0.6) is 5.75 Å². The van der Waals surface area contributed by atoms with Crippen molar-refractivity contribution in [3.8, 4) is 5.75 Å². The first-order chi connectivity index (χ1) is 9.34. The van der Waals surface area contributed by atoms with Gasteiger partial charge in [-0.1, -0.05) is 28.8 Å². The molecule has 0 saturated carbocycles. The van der Waals surface area contributed by atoms with Crippen molar-refractivity contribution in [3.05, 3.63) is 24.0 Å². The second kappa shape index (κ2) is 11.2. The highest BCUT2D eigenvalue weighted by atomic mass is 79.9. The van der Waals surface area contributed by atoms with E-state index in [0.29, 0.717) is 5.75 Å². The minimum atomic E-state index is 0.301. The smallest absolute Gasteiger partial charge is 0.137 e. The van der Waals surface area contributed by atoms with Crippen LogP contribution in [0, 0.1) is 0 Å². The topological polar surface area (TPSA) is 42.4 Å². The fourth-order valence-electron chi connectivity index (χ4n) is 1.87. The third kappa shape index (κ3) is 8.22. The van der Waals surface area contributed by atoms with Gasteiger partial charge in [0.25, 0.3) is 0 Å². The summed E-state index contributed by atoms with van der Waals surface area (Å²) in [7, 11) is 0. The monoisotopic (exact) mass is 329 g/mol. The number of hydrogen-bond donors (Lipinski definition) is 1. The van der Waals surface area contributed by atoms with Crippen LogP contribution in [0.25, 0.3) is 0 Å². The second-order valence-electron chi connectivity index (χ2n) is 4.64. The molecule has 19 heavy (non-hydrogen) atoms. The normalized spacial score (nSPS) is 10.8. The minimum absolute atomic E-state index is 0.301. The third-order valence-electron chi connectivity index (χ3n) is 2.99. The summed E-state index contributed by atoms with van der Waals surface area (Å²) in [5.74, 6) is 0.301. The Hall–Kier alpha value is -0.610. The van der Waals surface area contributed by atoms with Crippen LogP contribution in [0.15, 0.2) is 18.3 Å². The molecule has 0 aromatic carbocycles. The summed E-state index contributed by atoms with van der Waals surface area (Å²) in [4.78, 5) is 4.16. The quantitative estimate of drug-likeness (QED) is 0.491. The fourth-order valence-corrected chi connectivity index (χ4v) is 2.27. The van der Waals surface area contributed by atoms with Crippen molar-refractivity contribution in [3.63, 3.8) is 0 Å². The van der Waals surface area contributed by atoms with Gasteiger partial charge in [-0.2, -0.15) is 0 Å². The fraction of sp³-hybridized carbons (Fsp3) is 0.667. The summed E-state index contributed by atoms with van der Waals surface area (Å²) in [6.45, 7) is 1.68. The summed E-state index contributed by atoms with van der Waals surface area (Å²) in [5.41, 5.74) is 0.789. The first-order valence-electron chi connectivity index (χ1n) is 7.11. The molecule has 0 atom stereocenters. The molecule has 1 N–H and O–H groups in total. The maximum Gasteiger partial charge on any atom is 0.137 e. The van der Waals surface area contributed by atoms with Crippen molar-refractivity contribution < 1.29 is 9.84 Å². The van der Waals surface area contributed by atoms with E-state index in [9.17, 15) is 5.11 Å². The second-order valence-corrected chi connectivity index (χ2v) is 5.43. The van der Waals surface area contributed by atoms with E-state index in [-0.39, 0.29) is 0 Å². The molecule has 0 aliphatic rings. The van der Waals surface area contributed by atoms with Crippen molar-refractivity contribution >= 4 is 15.9 Å². The molecule has 0 aliphatic heterocycles. The molecule has 0 aliphatic carbocycles. The number of aromatic hydroxyl groups is 1. The van der Waals surface area contributed by atoms with E-state index in [2.05, 4.69) is 20.9 Å². The Morgan fingerprint density at radius 1 is 1.05 bits per heavy atom. The lowest BCUT2D eigenvalue weighted by molar-refractivity contribution is 0.126. The van der Waals surface area contributed by atoms with Crippen LogP contribution in [0.1, 0.15) is 44.2 Å². The van der Waals surface area contributed by atoms with Crippen molar-refractivity contribution in [1.82, 2.24) is 4.98 Å². The average Bonchev–Trinajstić information content (AvgIpc) is 2.43. The lowest BCUT2D eigenvalue weighted by Gasteiger charge is -2.05. The molecule has 0 fully saturated rings. The van der Waals surface area contributed by atoms with Crippen LogP contribution in [-0.4, -0.2) is 28.6 Å². The maximum absolute atomic E-state index is 9.56. The highest BCUT2D eigenvalue weighted by molar-refractivity contribution is 9.09. The molecule has 108 valence electrons. The number of nitrogens with zero attached hydrogens (tertiary/aromatic N) is 1. The Morgan fingerprint density at radius 2 is 1.79 bits per heavy atom. The lowest BCUT2D eigenvalue weighted by Crippen LogP contribution is -1.99. The summed E-state index contributed by atoms with van der Waals surface area (Å²) in [6, 6.07) is 3.43. The van der Waals surface area contributed by atoms with E-state index in [1.807, 2.05) is 0 Å². The average molecular weight is 330 g/mol. The van der Waals surface area contributed by atoms with Gasteiger partial charge in [0.05, 0.1) is 5.69 Å². The molecule has 0 radical (unpaired) electrons. The van der Waals surface area contributed by atoms with Gasteiger partial charge < -0.3 is 9.84 Å². The zero-order valence-electron chi connectivity index (χ0n) is 11.5. The Balaban J connectivity index is 1.90. The number of aryl methyl sites for hydroxylation is 1. The molecule has 0 amide bonds. The molecular weight excluding hydrogens is 306 g/mol. The zero-order chi connectivity index (χ0) is 13.8. The first-order valence-corrected chi connectivity index (χ1v) is 8.23. The number of alkyl halides is 1. The van der Waals surface area contributed by atoms with Gasteiger partial charge in [0.2, 0.25) is 0 Å². The summed E-state index contributed by atoms with van der Waals surface area (Å²) < 4.78 is 5.59. The Morgan fingerprint density at radius 3 is 2.53 bits per heavy atom. The van der Waals surface area contributed by atoms with Crippen molar-refractivity contribution in [2.75, 3.05) is 18.5 Å². The van der Waals surface area contributed by atoms with Crippen LogP contribution in [-0.2, 0) is 11.2 Å². The van der Waals surface area contributed by atoms with Gasteiger partial charge in [-0.15, -0.1) is 0 Å². The highest BCUT2D eigenvalue weighted by Crippen LogP contribution is 2.14. The van der Waals surface area contributed by atoms with Crippen LogP contribution in [0.2, 0.25) is 0 Å². The Bertz CT molecular complexity index is 334. The van der Waals surface area contributed by atoms with Gasteiger partial charge >= 0.3 is 0 Å². The predicted octanol–water partition coefficient (Wildman–Crippen LogP) is 4.08. The first kappa shape index (κ1) is 16.4.